The van der Waals surface area contributed by atoms with Gasteiger partial charge in [-0.2, -0.15) is 10.1 Å². The number of hydrogen-bond acceptors (Lipinski definition) is 8. The highest BCUT2D eigenvalue weighted by atomic mass is 16.7. The van der Waals surface area contributed by atoms with Gasteiger partial charge in [0.2, 0.25) is 0 Å². The van der Waals surface area contributed by atoms with E-state index in [2.05, 4.69) is 89.8 Å². The third-order valence-electron chi connectivity index (χ3n) is 10.7. The number of ether oxygens (including phenoxy) is 2. The topological polar surface area (TPSA) is 77.5 Å². The largest absolute Gasteiger partial charge is 0.462 e. The molecule has 274 valence electrons. The van der Waals surface area contributed by atoms with Gasteiger partial charge in [-0.25, -0.2) is 0 Å². The van der Waals surface area contributed by atoms with Crippen LogP contribution in [0.25, 0.3) is 0 Å². The number of hydrogen-bond donors (Lipinski definition) is 0. The predicted molar refractivity (Wildman–Crippen MR) is 191 cm³/mol. The molecule has 0 radical (unpaired) electrons. The Labute approximate surface area is 292 Å². The maximum absolute atomic E-state index is 12.8. The van der Waals surface area contributed by atoms with Crippen molar-refractivity contribution in [3.05, 3.63) is 24.3 Å². The third kappa shape index (κ3) is 11.4. The maximum atomic E-state index is 12.8. The second-order valence-corrected chi connectivity index (χ2v) is 17.5. The Kier molecular flexibility index (Phi) is 13.8. The molecular weight excluding hydrogens is 604 g/mol. The van der Waals surface area contributed by atoms with Gasteiger partial charge in [-0.1, -0.05) is 50.0 Å². The predicted octanol–water partition coefficient (Wildman–Crippen LogP) is 9.32. The van der Waals surface area contributed by atoms with Crippen LogP contribution in [0, 0.1) is 0 Å². The first-order valence-corrected chi connectivity index (χ1v) is 19.2. The van der Waals surface area contributed by atoms with E-state index in [1.54, 1.807) is 0 Å². The number of unbranched alkanes of at least 4 members (excludes halogenated alkanes) is 5. The molecule has 2 aliphatic carbocycles. The molecule has 4 rings (SSSR count). The number of hydroxylamine groups is 4. The van der Waals surface area contributed by atoms with Crippen LogP contribution in [0.4, 0.5) is 0 Å². The van der Waals surface area contributed by atoms with E-state index in [0.29, 0.717) is 12.8 Å². The zero-order valence-electron chi connectivity index (χ0n) is 31.7. The van der Waals surface area contributed by atoms with E-state index in [0.717, 1.165) is 103 Å². The SMILES string of the molecule is CC1(C)CC(OC(=O)CCCCCCCCC(=O)OC2CC(C)(C)N(OC3CC=CCC3)C(C)(C)C2)CC(C)(C)N1OC1CC=CCC1. The number of esters is 2. The van der Waals surface area contributed by atoms with E-state index < -0.39 is 0 Å². The molecule has 8 heteroatoms. The van der Waals surface area contributed by atoms with Crippen LogP contribution in [0.3, 0.4) is 0 Å². The zero-order valence-corrected chi connectivity index (χ0v) is 31.7. The highest BCUT2D eigenvalue weighted by Crippen LogP contribution is 2.42. The summed E-state index contributed by atoms with van der Waals surface area (Å²) in [5.74, 6) is -0.174. The number of carbonyl (C=O) groups excluding carboxylic acids is 2. The smallest absolute Gasteiger partial charge is 0.306 e. The van der Waals surface area contributed by atoms with E-state index >= 15 is 0 Å². The first-order valence-electron chi connectivity index (χ1n) is 19.2. The van der Waals surface area contributed by atoms with Crippen LogP contribution in [0.15, 0.2) is 24.3 Å². The van der Waals surface area contributed by atoms with Gasteiger partial charge in [0.15, 0.2) is 0 Å². The second kappa shape index (κ2) is 17.0. The number of allylic oxidation sites excluding steroid dienone is 2. The molecule has 0 aromatic carbocycles. The Bertz CT molecular complexity index is 989. The van der Waals surface area contributed by atoms with Crippen LogP contribution in [0.5, 0.6) is 0 Å². The molecule has 0 amide bonds. The van der Waals surface area contributed by atoms with Gasteiger partial charge in [0, 0.05) is 60.7 Å². The molecule has 0 saturated carbocycles. The Morgan fingerprint density at radius 3 is 1.17 bits per heavy atom. The van der Waals surface area contributed by atoms with Crippen molar-refractivity contribution in [3.8, 4) is 0 Å². The Hall–Kier alpha value is -1.74. The molecule has 2 heterocycles. The van der Waals surface area contributed by atoms with E-state index in [4.69, 9.17) is 19.1 Å². The lowest BCUT2D eigenvalue weighted by Gasteiger charge is -2.54. The fourth-order valence-electron chi connectivity index (χ4n) is 8.84. The van der Waals surface area contributed by atoms with Gasteiger partial charge in [-0.15, -0.1) is 0 Å². The molecule has 0 N–H and O–H groups in total. The summed E-state index contributed by atoms with van der Waals surface area (Å²) < 4.78 is 12.0. The molecule has 0 aromatic rings. The third-order valence-corrected chi connectivity index (χ3v) is 10.7. The summed E-state index contributed by atoms with van der Waals surface area (Å²) in [4.78, 5) is 38.6. The number of rotatable bonds is 15. The highest BCUT2D eigenvalue weighted by molar-refractivity contribution is 5.69. The van der Waals surface area contributed by atoms with Crippen LogP contribution in [0.2, 0.25) is 0 Å². The van der Waals surface area contributed by atoms with Gasteiger partial charge in [0.25, 0.3) is 0 Å². The van der Waals surface area contributed by atoms with Gasteiger partial charge in [-0.05, 0) is 107 Å². The number of nitrogens with zero attached hydrogens (tertiary/aromatic N) is 2. The van der Waals surface area contributed by atoms with Crippen LogP contribution in [-0.2, 0) is 28.7 Å². The van der Waals surface area contributed by atoms with Crippen LogP contribution in [-0.4, -0.2) is 68.6 Å². The number of piperidine rings is 2. The van der Waals surface area contributed by atoms with Crippen molar-refractivity contribution in [1.82, 2.24) is 10.1 Å². The summed E-state index contributed by atoms with van der Waals surface area (Å²) in [5.41, 5.74) is -0.864. The number of carbonyl (C=O) groups is 2. The molecule has 2 saturated heterocycles. The molecule has 8 nitrogen and oxygen atoms in total. The van der Waals surface area contributed by atoms with Crippen molar-refractivity contribution in [2.24, 2.45) is 0 Å². The van der Waals surface area contributed by atoms with E-state index in [9.17, 15) is 9.59 Å². The van der Waals surface area contributed by atoms with Crippen molar-refractivity contribution >= 4 is 11.9 Å². The lowest BCUT2D eigenvalue weighted by molar-refractivity contribution is -0.315. The molecule has 0 spiro atoms. The molecule has 2 atom stereocenters. The fourth-order valence-corrected chi connectivity index (χ4v) is 8.84. The van der Waals surface area contributed by atoms with Crippen molar-refractivity contribution < 1.29 is 28.7 Å². The Morgan fingerprint density at radius 1 is 0.521 bits per heavy atom. The summed E-state index contributed by atoms with van der Waals surface area (Å²) in [6.07, 6.45) is 25.2. The minimum Gasteiger partial charge on any atom is -0.462 e. The summed E-state index contributed by atoms with van der Waals surface area (Å²) >= 11 is 0. The van der Waals surface area contributed by atoms with E-state index in [1.165, 1.54) is 0 Å². The molecule has 0 bridgehead atoms. The minimum atomic E-state index is -0.216. The van der Waals surface area contributed by atoms with Gasteiger partial charge in [0.1, 0.15) is 12.2 Å². The summed E-state index contributed by atoms with van der Waals surface area (Å²) in [5, 5.41) is 4.37. The van der Waals surface area contributed by atoms with E-state index in [1.807, 2.05) is 0 Å². The molecule has 48 heavy (non-hydrogen) atoms. The maximum Gasteiger partial charge on any atom is 0.306 e. The van der Waals surface area contributed by atoms with Crippen molar-refractivity contribution in [2.45, 2.75) is 218 Å². The second-order valence-electron chi connectivity index (χ2n) is 17.5. The Balaban J connectivity index is 1.06. The van der Waals surface area contributed by atoms with Crippen LogP contribution < -0.4 is 0 Å². The standard InChI is InChI=1S/C40H68N2O6/c1-37(2)27-33(28-38(3,4)41(37)47-31-21-15-13-16-22-31)45-35(43)25-19-11-9-10-12-20-26-36(44)46-34-29-39(5,6)42(40(7,8)30-34)48-32-23-17-14-18-24-32/h13-15,17,31-34H,9-12,16,18-30H2,1-8H3. The van der Waals surface area contributed by atoms with Crippen molar-refractivity contribution in [2.75, 3.05) is 0 Å². The van der Waals surface area contributed by atoms with Crippen LogP contribution >= 0.6 is 0 Å². The first-order chi connectivity index (χ1) is 22.6. The van der Waals surface area contributed by atoms with Gasteiger partial charge < -0.3 is 9.47 Å². The zero-order chi connectivity index (χ0) is 35.0. The molecule has 2 unspecified atom stereocenters. The lowest BCUT2D eigenvalue weighted by atomic mass is 9.80. The van der Waals surface area contributed by atoms with Gasteiger partial charge in [-0.3, -0.25) is 19.3 Å². The van der Waals surface area contributed by atoms with Gasteiger partial charge >= 0.3 is 11.9 Å². The molecule has 0 aromatic heterocycles. The molecule has 2 aliphatic heterocycles. The minimum absolute atomic E-state index is 0.0870. The highest BCUT2D eigenvalue weighted by Gasteiger charge is 2.50. The molecule has 4 aliphatic rings. The summed E-state index contributed by atoms with van der Waals surface area (Å²) in [6, 6.07) is 0. The average molecular weight is 673 g/mol. The van der Waals surface area contributed by atoms with Gasteiger partial charge in [0.05, 0.1) is 12.2 Å². The van der Waals surface area contributed by atoms with Crippen molar-refractivity contribution in [1.29, 1.82) is 0 Å². The van der Waals surface area contributed by atoms with E-state index in [-0.39, 0.29) is 58.5 Å². The van der Waals surface area contributed by atoms with Crippen molar-refractivity contribution in [3.63, 3.8) is 0 Å². The normalized spacial score (nSPS) is 27.5. The van der Waals surface area contributed by atoms with Crippen LogP contribution in [0.1, 0.15) is 171 Å². The monoisotopic (exact) mass is 673 g/mol. The summed E-state index contributed by atoms with van der Waals surface area (Å²) in [7, 11) is 0. The Morgan fingerprint density at radius 2 is 0.854 bits per heavy atom. The first kappa shape index (κ1) is 39.1. The fraction of sp³-hybridized carbons (Fsp3) is 0.850. The quantitative estimate of drug-likeness (QED) is 0.0968. The lowest BCUT2D eigenvalue weighted by Crippen LogP contribution is -2.62. The average Bonchev–Trinajstić information content (AvgIpc) is 2.98. The summed E-state index contributed by atoms with van der Waals surface area (Å²) in [6.45, 7) is 17.6. The molecule has 2 fully saturated rings. The molecular formula is C40H68N2O6.